The first-order valence-electron chi connectivity index (χ1n) is 8.13. The van der Waals surface area contributed by atoms with Gasteiger partial charge in [-0.25, -0.2) is 0 Å². The molecule has 0 spiro atoms. The molecule has 0 aliphatic heterocycles. The zero-order valence-corrected chi connectivity index (χ0v) is 15.2. The molecule has 1 aromatic heterocycles. The summed E-state index contributed by atoms with van der Waals surface area (Å²) in [5.41, 5.74) is 5.58. The van der Waals surface area contributed by atoms with E-state index in [2.05, 4.69) is 61.3 Å². The molecular weight excluding hydrogens is 272 g/mol. The van der Waals surface area contributed by atoms with E-state index in [4.69, 9.17) is 0 Å². The molecule has 0 bridgehead atoms. The van der Waals surface area contributed by atoms with Crippen molar-refractivity contribution in [2.75, 3.05) is 0 Å². The molecule has 0 aliphatic carbocycles. The van der Waals surface area contributed by atoms with Gasteiger partial charge in [0.05, 0.1) is 0 Å². The van der Waals surface area contributed by atoms with Crippen LogP contribution in [0.3, 0.4) is 0 Å². The Morgan fingerprint density at radius 3 is 2.62 bits per heavy atom. The average Bonchev–Trinajstić information content (AvgIpc) is 2.43. The van der Waals surface area contributed by atoms with Crippen LogP contribution in [0.1, 0.15) is 44.1 Å². The van der Waals surface area contributed by atoms with Gasteiger partial charge in [0.1, 0.15) is 6.04 Å². The lowest BCUT2D eigenvalue weighted by molar-refractivity contribution is -0.401. The van der Waals surface area contributed by atoms with Crippen LogP contribution in [0, 0.1) is 11.8 Å². The molecule has 0 saturated heterocycles. The van der Waals surface area contributed by atoms with Crippen molar-refractivity contribution in [2.45, 2.75) is 70.3 Å². The zero-order chi connectivity index (χ0) is 15.7. The minimum Gasteiger partial charge on any atom is -0.345 e. The highest BCUT2D eigenvalue weighted by atomic mass is 28.3. The molecular formula is C18H31N2Si+. The maximum atomic E-state index is 4.30. The third-order valence-corrected chi connectivity index (χ3v) is 5.28. The van der Waals surface area contributed by atoms with Crippen LogP contribution in [0.4, 0.5) is 0 Å². The molecule has 3 heteroatoms. The van der Waals surface area contributed by atoms with Gasteiger partial charge in [0, 0.05) is 33.3 Å². The smallest absolute Gasteiger partial charge is 0.146 e. The van der Waals surface area contributed by atoms with Crippen molar-refractivity contribution in [1.29, 1.82) is 0 Å². The number of hydrogen-bond donors (Lipinski definition) is 1. The zero-order valence-electron chi connectivity index (χ0n) is 14.2. The Kier molecular flexibility index (Phi) is 7.70. The molecule has 0 amide bonds. The van der Waals surface area contributed by atoms with Crippen molar-refractivity contribution in [1.82, 2.24) is 4.98 Å². The van der Waals surface area contributed by atoms with E-state index in [9.17, 15) is 0 Å². The highest BCUT2D eigenvalue weighted by molar-refractivity contribution is 6.76. The van der Waals surface area contributed by atoms with Crippen LogP contribution >= 0.6 is 0 Å². The summed E-state index contributed by atoms with van der Waals surface area (Å²) in [6.07, 6.45) is 8.27. The lowest BCUT2D eigenvalue weighted by Crippen LogP contribution is -2.60. The molecule has 116 valence electrons. The van der Waals surface area contributed by atoms with Crippen LogP contribution in [0.5, 0.6) is 0 Å². The Morgan fingerprint density at radius 2 is 2.05 bits per heavy atom. The summed E-state index contributed by atoms with van der Waals surface area (Å²) in [6.45, 7) is 9.50. The number of hydrogen-bond acceptors (Lipinski definition) is 1. The van der Waals surface area contributed by atoms with E-state index < -0.39 is 8.07 Å². The van der Waals surface area contributed by atoms with Crippen LogP contribution < -0.4 is 5.73 Å². The van der Waals surface area contributed by atoms with E-state index in [1.807, 2.05) is 12.4 Å². The van der Waals surface area contributed by atoms with E-state index in [1.54, 1.807) is 0 Å². The van der Waals surface area contributed by atoms with Crippen LogP contribution in [-0.4, -0.2) is 19.1 Å². The van der Waals surface area contributed by atoms with Crippen molar-refractivity contribution in [3.8, 4) is 11.8 Å². The summed E-state index contributed by atoms with van der Waals surface area (Å²) >= 11 is 0. The molecule has 2 nitrogen and oxygen atoms in total. The average molecular weight is 304 g/mol. The van der Waals surface area contributed by atoms with Crippen LogP contribution in [0.2, 0.25) is 25.7 Å². The Labute approximate surface area is 131 Å². The van der Waals surface area contributed by atoms with Gasteiger partial charge in [0.15, 0.2) is 0 Å². The van der Waals surface area contributed by atoms with Gasteiger partial charge in [-0.05, 0) is 36.3 Å². The quantitative estimate of drug-likeness (QED) is 0.605. The van der Waals surface area contributed by atoms with Crippen molar-refractivity contribution in [3.63, 3.8) is 0 Å². The Bertz CT molecular complexity index is 454. The SMILES string of the molecule is CCCC#CC([NH3+])CCC(C[Si](C)(C)C)c1cccnc1. The third-order valence-electron chi connectivity index (χ3n) is 3.56. The fourth-order valence-corrected chi connectivity index (χ4v) is 4.48. The second kappa shape index (κ2) is 9.02. The fourth-order valence-electron chi connectivity index (χ4n) is 2.56. The van der Waals surface area contributed by atoms with Crippen LogP contribution in [-0.2, 0) is 0 Å². The van der Waals surface area contributed by atoms with Gasteiger partial charge in [-0.2, -0.15) is 0 Å². The number of quaternary nitrogens is 1. The Balaban J connectivity index is 2.65. The Hall–Kier alpha value is -1.11. The van der Waals surface area contributed by atoms with Crippen LogP contribution in [0.25, 0.3) is 0 Å². The molecule has 1 rings (SSSR count). The fraction of sp³-hybridized carbons (Fsp3) is 0.611. The van der Waals surface area contributed by atoms with Crippen molar-refractivity contribution in [2.24, 2.45) is 0 Å². The van der Waals surface area contributed by atoms with Gasteiger partial charge in [0.2, 0.25) is 0 Å². The number of unbranched alkanes of at least 4 members (excludes halogenated alkanes) is 1. The first kappa shape index (κ1) is 17.9. The normalized spacial score (nSPS) is 14.1. The van der Waals surface area contributed by atoms with Gasteiger partial charge in [-0.15, -0.1) is 0 Å². The second-order valence-electron chi connectivity index (χ2n) is 7.09. The highest BCUT2D eigenvalue weighted by Gasteiger charge is 2.22. The standard InChI is InChI=1S/C18H30N2Si/c1-5-6-7-10-18(19)12-11-17(15-21(2,3)4)16-9-8-13-20-14-16/h8-9,13-14,17-18H,5-6,11-12,15,19H2,1-4H3/p+1. The second-order valence-corrected chi connectivity index (χ2v) is 12.6. The molecule has 0 radical (unpaired) electrons. The molecule has 1 heterocycles. The predicted molar refractivity (Wildman–Crippen MR) is 93.7 cm³/mol. The largest absolute Gasteiger partial charge is 0.345 e. The number of pyridine rings is 1. The van der Waals surface area contributed by atoms with Crippen molar-refractivity contribution >= 4 is 8.07 Å². The summed E-state index contributed by atoms with van der Waals surface area (Å²) in [6, 6.07) is 5.85. The molecule has 21 heavy (non-hydrogen) atoms. The number of rotatable bonds is 7. The van der Waals surface area contributed by atoms with Gasteiger partial charge in [-0.3, -0.25) is 4.98 Å². The molecule has 1 aromatic rings. The maximum Gasteiger partial charge on any atom is 0.146 e. The van der Waals surface area contributed by atoms with Gasteiger partial charge in [0.25, 0.3) is 0 Å². The maximum absolute atomic E-state index is 4.30. The minimum atomic E-state index is -1.09. The summed E-state index contributed by atoms with van der Waals surface area (Å²) in [7, 11) is -1.09. The van der Waals surface area contributed by atoms with Crippen LogP contribution in [0.15, 0.2) is 24.5 Å². The first-order chi connectivity index (χ1) is 9.92. The van der Waals surface area contributed by atoms with Crippen molar-refractivity contribution < 1.29 is 5.73 Å². The van der Waals surface area contributed by atoms with E-state index in [0.29, 0.717) is 5.92 Å². The lowest BCUT2D eigenvalue weighted by atomic mass is 9.95. The minimum absolute atomic E-state index is 0.261. The summed E-state index contributed by atoms with van der Waals surface area (Å²) in [5.74, 6) is 7.13. The lowest BCUT2D eigenvalue weighted by Gasteiger charge is -2.25. The number of aromatic nitrogens is 1. The van der Waals surface area contributed by atoms with Gasteiger partial charge < -0.3 is 5.73 Å². The molecule has 3 N–H and O–H groups in total. The van der Waals surface area contributed by atoms with E-state index in [0.717, 1.165) is 19.3 Å². The van der Waals surface area contributed by atoms with Crippen molar-refractivity contribution in [3.05, 3.63) is 30.1 Å². The van der Waals surface area contributed by atoms with Gasteiger partial charge in [-0.1, -0.05) is 44.6 Å². The molecule has 0 fully saturated rings. The summed E-state index contributed by atoms with van der Waals surface area (Å²) in [4.78, 5) is 4.30. The highest BCUT2D eigenvalue weighted by Crippen LogP contribution is 2.30. The van der Waals surface area contributed by atoms with E-state index in [-0.39, 0.29) is 6.04 Å². The Morgan fingerprint density at radius 1 is 1.29 bits per heavy atom. The molecule has 2 unspecified atom stereocenters. The molecule has 0 saturated carbocycles. The monoisotopic (exact) mass is 303 g/mol. The van der Waals surface area contributed by atoms with Gasteiger partial charge >= 0.3 is 0 Å². The first-order valence-corrected chi connectivity index (χ1v) is 11.8. The predicted octanol–water partition coefficient (Wildman–Crippen LogP) is 3.70. The summed E-state index contributed by atoms with van der Waals surface area (Å²) in [5, 5.41) is 0. The number of nitrogens with zero attached hydrogens (tertiary/aromatic N) is 1. The summed E-state index contributed by atoms with van der Waals surface area (Å²) < 4.78 is 0. The molecule has 0 aromatic carbocycles. The topological polar surface area (TPSA) is 40.5 Å². The molecule has 0 aliphatic rings. The third kappa shape index (κ3) is 8.04. The molecule has 2 atom stereocenters. The van der Waals surface area contributed by atoms with E-state index >= 15 is 0 Å². The van der Waals surface area contributed by atoms with E-state index in [1.165, 1.54) is 18.0 Å².